The molecule has 1 aromatic carbocycles. The molecule has 6 nitrogen and oxygen atoms in total. The number of nitrogens with zero attached hydrogens (tertiary/aromatic N) is 3. The Kier molecular flexibility index (Phi) is 3.86. The molecular formula is C20H24N4O2. The molecule has 1 aliphatic heterocycles. The maximum Gasteiger partial charge on any atom is 0.226 e. The number of aryl methyl sites for hydroxylation is 1. The van der Waals surface area contributed by atoms with Crippen molar-refractivity contribution in [3.63, 3.8) is 0 Å². The van der Waals surface area contributed by atoms with E-state index in [0.717, 1.165) is 18.7 Å². The number of imidazole rings is 1. The van der Waals surface area contributed by atoms with Gasteiger partial charge in [0.2, 0.25) is 11.8 Å². The number of nitrogens with one attached hydrogen (secondary N) is 1. The van der Waals surface area contributed by atoms with E-state index in [1.165, 1.54) is 11.1 Å². The van der Waals surface area contributed by atoms with Crippen LogP contribution in [0.25, 0.3) is 0 Å². The Labute approximate surface area is 153 Å². The zero-order chi connectivity index (χ0) is 18.5. The van der Waals surface area contributed by atoms with Gasteiger partial charge in [0.25, 0.3) is 0 Å². The van der Waals surface area contributed by atoms with Gasteiger partial charge in [-0.25, -0.2) is 4.98 Å². The Bertz CT molecular complexity index is 847. The number of rotatable bonds is 3. The van der Waals surface area contributed by atoms with E-state index in [1.54, 1.807) is 18.1 Å². The van der Waals surface area contributed by atoms with Crippen LogP contribution in [-0.4, -0.2) is 38.9 Å². The third kappa shape index (κ3) is 2.69. The molecule has 6 heteroatoms. The van der Waals surface area contributed by atoms with Gasteiger partial charge in [0, 0.05) is 38.4 Å². The maximum atomic E-state index is 13.1. The summed E-state index contributed by atoms with van der Waals surface area (Å²) in [6.07, 6.45) is 5.41. The highest BCUT2D eigenvalue weighted by molar-refractivity contribution is 5.90. The van der Waals surface area contributed by atoms with E-state index in [-0.39, 0.29) is 29.8 Å². The van der Waals surface area contributed by atoms with Gasteiger partial charge in [0.05, 0.1) is 5.92 Å². The third-order valence-electron chi connectivity index (χ3n) is 5.75. The highest BCUT2D eigenvalue weighted by Gasteiger charge is 2.46. The number of carbonyl (C=O) groups excluding carboxylic acids is 2. The van der Waals surface area contributed by atoms with Crippen molar-refractivity contribution < 1.29 is 9.59 Å². The molecule has 2 aliphatic rings. The lowest BCUT2D eigenvalue weighted by atomic mass is 9.93. The van der Waals surface area contributed by atoms with Crippen molar-refractivity contribution in [2.75, 3.05) is 7.05 Å². The first-order valence-corrected chi connectivity index (χ1v) is 9.00. The molecule has 26 heavy (non-hydrogen) atoms. The number of fused-ring (bicyclic) bond motifs is 1. The van der Waals surface area contributed by atoms with Crippen LogP contribution in [0.15, 0.2) is 36.7 Å². The number of hydrogen-bond donors (Lipinski definition) is 1. The first-order chi connectivity index (χ1) is 12.4. The summed E-state index contributed by atoms with van der Waals surface area (Å²) in [5.74, 6) is 0.247. The van der Waals surface area contributed by atoms with Crippen molar-refractivity contribution in [1.29, 1.82) is 0 Å². The second kappa shape index (κ2) is 5.97. The summed E-state index contributed by atoms with van der Waals surface area (Å²) in [6, 6.07) is 7.99. The largest absolute Gasteiger partial charge is 0.350 e. The Morgan fingerprint density at radius 3 is 2.46 bits per heavy atom. The third-order valence-corrected chi connectivity index (χ3v) is 5.75. The summed E-state index contributed by atoms with van der Waals surface area (Å²) in [6.45, 7) is 2.08. The van der Waals surface area contributed by atoms with Crippen molar-refractivity contribution in [3.05, 3.63) is 53.6 Å². The van der Waals surface area contributed by atoms with Gasteiger partial charge in [-0.1, -0.05) is 24.3 Å². The quantitative estimate of drug-likeness (QED) is 0.913. The second-order valence-corrected chi connectivity index (χ2v) is 7.83. The lowest BCUT2D eigenvalue weighted by Gasteiger charge is -2.29. The molecule has 0 spiro atoms. The van der Waals surface area contributed by atoms with E-state index < -0.39 is 5.92 Å². The van der Waals surface area contributed by atoms with Crippen molar-refractivity contribution in [2.24, 2.45) is 13.0 Å². The fourth-order valence-electron chi connectivity index (χ4n) is 4.40. The molecule has 1 N–H and O–H groups in total. The van der Waals surface area contributed by atoms with E-state index >= 15 is 0 Å². The minimum absolute atomic E-state index is 0.0157. The highest BCUT2D eigenvalue weighted by atomic mass is 16.2. The number of carbonyl (C=O) groups is 2. The van der Waals surface area contributed by atoms with Crippen LogP contribution in [0.2, 0.25) is 0 Å². The van der Waals surface area contributed by atoms with Gasteiger partial charge in [-0.3, -0.25) is 9.59 Å². The van der Waals surface area contributed by atoms with Crippen LogP contribution in [0.1, 0.15) is 36.3 Å². The van der Waals surface area contributed by atoms with Crippen LogP contribution < -0.4 is 5.32 Å². The SMILES string of the molecule is CN1C(=O)C[C@H](C(=O)NC2(C)Cc3ccccc3C2)[C@H]1c1nccn1C. The fourth-order valence-corrected chi connectivity index (χ4v) is 4.40. The minimum Gasteiger partial charge on any atom is -0.350 e. The van der Waals surface area contributed by atoms with Crippen molar-refractivity contribution >= 4 is 11.8 Å². The molecule has 1 saturated heterocycles. The molecule has 4 rings (SSSR count). The Morgan fingerprint density at radius 1 is 1.23 bits per heavy atom. The molecule has 136 valence electrons. The van der Waals surface area contributed by atoms with Crippen LogP contribution in [0.4, 0.5) is 0 Å². The van der Waals surface area contributed by atoms with Crippen LogP contribution in [0.5, 0.6) is 0 Å². The predicted molar refractivity (Wildman–Crippen MR) is 97.2 cm³/mol. The molecule has 0 bridgehead atoms. The molecule has 1 aromatic heterocycles. The summed E-state index contributed by atoms with van der Waals surface area (Å²) in [5, 5.41) is 3.24. The van der Waals surface area contributed by atoms with Crippen LogP contribution in [-0.2, 0) is 29.5 Å². The van der Waals surface area contributed by atoms with Gasteiger partial charge < -0.3 is 14.8 Å². The zero-order valence-corrected chi connectivity index (χ0v) is 15.4. The number of likely N-dealkylation sites (tertiary alicyclic amines) is 1. The summed E-state index contributed by atoms with van der Waals surface area (Å²) in [7, 11) is 3.64. The number of benzene rings is 1. The van der Waals surface area contributed by atoms with Gasteiger partial charge in [-0.15, -0.1) is 0 Å². The lowest BCUT2D eigenvalue weighted by Crippen LogP contribution is -2.49. The topological polar surface area (TPSA) is 67.2 Å². The van der Waals surface area contributed by atoms with Crippen LogP contribution >= 0.6 is 0 Å². The first-order valence-electron chi connectivity index (χ1n) is 9.00. The van der Waals surface area contributed by atoms with Crippen LogP contribution in [0.3, 0.4) is 0 Å². The van der Waals surface area contributed by atoms with Gasteiger partial charge in [0.1, 0.15) is 11.9 Å². The molecule has 2 amide bonds. The Hall–Kier alpha value is -2.63. The van der Waals surface area contributed by atoms with Crippen molar-refractivity contribution in [3.8, 4) is 0 Å². The average molecular weight is 352 g/mol. The smallest absolute Gasteiger partial charge is 0.226 e. The van der Waals surface area contributed by atoms with Gasteiger partial charge in [-0.05, 0) is 30.9 Å². The van der Waals surface area contributed by atoms with Crippen molar-refractivity contribution in [2.45, 2.75) is 37.8 Å². The Balaban J connectivity index is 1.56. The molecule has 2 aromatic rings. The second-order valence-electron chi connectivity index (χ2n) is 7.83. The summed E-state index contributed by atoms with van der Waals surface area (Å²) < 4.78 is 1.88. The number of hydrogen-bond acceptors (Lipinski definition) is 3. The molecule has 0 radical (unpaired) electrons. The molecule has 0 unspecified atom stereocenters. The lowest BCUT2D eigenvalue weighted by molar-refractivity contribution is -0.129. The standard InChI is InChI=1S/C20H24N4O2/c1-20(11-13-6-4-5-7-14(13)12-20)22-19(26)15-10-16(25)24(3)17(15)18-21-8-9-23(18)2/h4-9,15,17H,10-12H2,1-3H3,(H,22,26)/t15-,17-/m0/s1. The van der Waals surface area contributed by atoms with Gasteiger partial charge in [0.15, 0.2) is 0 Å². The van der Waals surface area contributed by atoms with E-state index in [2.05, 4.69) is 29.4 Å². The van der Waals surface area contributed by atoms with Crippen LogP contribution in [0, 0.1) is 5.92 Å². The Morgan fingerprint density at radius 2 is 1.88 bits per heavy atom. The highest BCUT2D eigenvalue weighted by Crippen LogP contribution is 2.37. The molecule has 2 atom stereocenters. The monoisotopic (exact) mass is 352 g/mol. The van der Waals surface area contributed by atoms with E-state index in [4.69, 9.17) is 0 Å². The summed E-state index contributed by atoms with van der Waals surface area (Å²) in [4.78, 5) is 31.5. The molecule has 2 heterocycles. The normalized spacial score (nSPS) is 24.0. The number of amides is 2. The van der Waals surface area contributed by atoms with Gasteiger partial charge in [-0.2, -0.15) is 0 Å². The van der Waals surface area contributed by atoms with E-state index in [1.807, 2.05) is 29.9 Å². The predicted octanol–water partition coefficient (Wildman–Crippen LogP) is 1.61. The summed E-state index contributed by atoms with van der Waals surface area (Å²) in [5.41, 5.74) is 2.27. The molecular weight excluding hydrogens is 328 g/mol. The van der Waals surface area contributed by atoms with Crippen molar-refractivity contribution in [1.82, 2.24) is 19.8 Å². The zero-order valence-electron chi connectivity index (χ0n) is 15.4. The first kappa shape index (κ1) is 16.8. The van der Waals surface area contributed by atoms with Gasteiger partial charge >= 0.3 is 0 Å². The number of aromatic nitrogens is 2. The molecule has 1 aliphatic carbocycles. The molecule has 1 fully saturated rings. The molecule has 0 saturated carbocycles. The van der Waals surface area contributed by atoms with E-state index in [9.17, 15) is 9.59 Å². The summed E-state index contributed by atoms with van der Waals surface area (Å²) >= 11 is 0. The fraction of sp³-hybridized carbons (Fsp3) is 0.450. The maximum absolute atomic E-state index is 13.1. The van der Waals surface area contributed by atoms with E-state index in [0.29, 0.717) is 0 Å². The minimum atomic E-state index is -0.422. The average Bonchev–Trinajstić information content (AvgIpc) is 3.23.